The monoisotopic (exact) mass is 703 g/mol. The van der Waals surface area contributed by atoms with E-state index in [0.717, 1.165) is 88.6 Å². The fourth-order valence-corrected chi connectivity index (χ4v) is 8.35. The Bertz CT molecular complexity index is 3190. The smallest absolute Gasteiger partial charge is 0.160 e. The van der Waals surface area contributed by atoms with E-state index in [4.69, 9.17) is 8.83 Å². The number of benzene rings is 9. The first-order valence-electron chi connectivity index (χ1n) is 18.7. The van der Waals surface area contributed by atoms with Gasteiger partial charge in [0.15, 0.2) is 5.58 Å². The largest absolute Gasteiger partial charge is 0.455 e. The molecule has 0 amide bonds. The number of furan rings is 2. The van der Waals surface area contributed by atoms with E-state index in [1.807, 2.05) is 18.2 Å². The highest BCUT2D eigenvalue weighted by atomic mass is 16.3. The molecule has 0 N–H and O–H groups in total. The number of rotatable bonds is 6. The number of hydrogen-bond acceptors (Lipinski definition) is 3. The molecule has 11 rings (SSSR count). The SMILES string of the molecule is c1ccc(-c2ccc3c(oc4ccccc43)c2N(c2ccc(-c3cccc4c3oc3ccccc34)cc2)c2ccc(-c3ccccc3)c3ccccc23)cc1. The van der Waals surface area contributed by atoms with Crippen LogP contribution in [-0.4, -0.2) is 0 Å². The molecule has 0 saturated heterocycles. The lowest BCUT2D eigenvalue weighted by molar-refractivity contribution is 0.669. The number of nitrogens with zero attached hydrogens (tertiary/aromatic N) is 1. The summed E-state index contributed by atoms with van der Waals surface area (Å²) in [5, 5.41) is 6.74. The Morgan fingerprint density at radius 2 is 0.800 bits per heavy atom. The van der Waals surface area contributed by atoms with Crippen molar-refractivity contribution in [3.05, 3.63) is 200 Å². The van der Waals surface area contributed by atoms with Crippen LogP contribution in [0.2, 0.25) is 0 Å². The van der Waals surface area contributed by atoms with Crippen LogP contribution in [0.15, 0.2) is 209 Å². The van der Waals surface area contributed by atoms with Gasteiger partial charge in [-0.1, -0.05) is 164 Å². The molecule has 0 radical (unpaired) electrons. The minimum absolute atomic E-state index is 0.842. The summed E-state index contributed by atoms with van der Waals surface area (Å²) in [6.45, 7) is 0. The number of anilines is 3. The molecule has 55 heavy (non-hydrogen) atoms. The van der Waals surface area contributed by atoms with Crippen molar-refractivity contribution in [2.24, 2.45) is 0 Å². The maximum Gasteiger partial charge on any atom is 0.160 e. The summed E-state index contributed by atoms with van der Waals surface area (Å²) in [5.41, 5.74) is 13.3. The first-order valence-corrected chi connectivity index (χ1v) is 18.7. The van der Waals surface area contributed by atoms with Crippen LogP contribution in [0.3, 0.4) is 0 Å². The highest BCUT2D eigenvalue weighted by Gasteiger charge is 2.26. The minimum Gasteiger partial charge on any atom is -0.455 e. The summed E-state index contributed by atoms with van der Waals surface area (Å²) in [6, 6.07) is 70.9. The lowest BCUT2D eigenvalue weighted by Crippen LogP contribution is -2.12. The third-order valence-electron chi connectivity index (χ3n) is 10.9. The van der Waals surface area contributed by atoms with E-state index in [9.17, 15) is 0 Å². The quantitative estimate of drug-likeness (QED) is 0.173. The molecule has 0 atom stereocenters. The van der Waals surface area contributed by atoms with Crippen molar-refractivity contribution in [2.45, 2.75) is 0 Å². The second-order valence-electron chi connectivity index (χ2n) is 14.0. The molecule has 0 unspecified atom stereocenters. The predicted octanol–water partition coefficient (Wildman–Crippen LogP) is 15.1. The summed E-state index contributed by atoms with van der Waals surface area (Å²) in [7, 11) is 0. The van der Waals surface area contributed by atoms with Crippen LogP contribution in [0.5, 0.6) is 0 Å². The van der Waals surface area contributed by atoms with Gasteiger partial charge in [-0.25, -0.2) is 0 Å². The van der Waals surface area contributed by atoms with Crippen molar-refractivity contribution in [2.75, 3.05) is 4.90 Å². The molecule has 258 valence electrons. The van der Waals surface area contributed by atoms with Crippen LogP contribution in [0.1, 0.15) is 0 Å². The summed E-state index contributed by atoms with van der Waals surface area (Å²) in [4.78, 5) is 2.40. The molecule has 0 saturated carbocycles. The fourth-order valence-electron chi connectivity index (χ4n) is 8.35. The van der Waals surface area contributed by atoms with E-state index < -0.39 is 0 Å². The number of fused-ring (bicyclic) bond motifs is 7. The summed E-state index contributed by atoms with van der Waals surface area (Å²) < 4.78 is 13.4. The van der Waals surface area contributed by atoms with Crippen LogP contribution in [0.4, 0.5) is 17.1 Å². The van der Waals surface area contributed by atoms with Gasteiger partial charge in [-0.15, -0.1) is 0 Å². The van der Waals surface area contributed by atoms with Crippen LogP contribution >= 0.6 is 0 Å². The highest BCUT2D eigenvalue weighted by Crippen LogP contribution is 2.50. The molecular weight excluding hydrogens is 671 g/mol. The minimum atomic E-state index is 0.842. The maximum atomic E-state index is 6.89. The van der Waals surface area contributed by atoms with E-state index in [1.54, 1.807) is 0 Å². The zero-order valence-corrected chi connectivity index (χ0v) is 29.8. The second-order valence-corrected chi connectivity index (χ2v) is 14.0. The first-order chi connectivity index (χ1) is 27.3. The molecule has 11 aromatic rings. The molecule has 2 aromatic heterocycles. The van der Waals surface area contributed by atoms with Crippen molar-refractivity contribution < 1.29 is 8.83 Å². The van der Waals surface area contributed by atoms with Crippen LogP contribution in [0, 0.1) is 0 Å². The molecule has 0 aliphatic heterocycles. The van der Waals surface area contributed by atoms with Crippen LogP contribution in [0.25, 0.3) is 88.0 Å². The normalized spacial score (nSPS) is 11.6. The average molecular weight is 704 g/mol. The fraction of sp³-hybridized carbons (Fsp3) is 0. The van der Waals surface area contributed by atoms with Gasteiger partial charge in [0.05, 0.1) is 11.4 Å². The molecule has 0 aliphatic carbocycles. The third kappa shape index (κ3) is 5.05. The zero-order chi connectivity index (χ0) is 36.3. The number of para-hydroxylation sites is 3. The standard InChI is InChI=1S/C52H33NO2/c1-3-14-34(15-4-1)38-32-33-47(42-19-8-7-18-41(38)42)53(37-28-26-36(27-29-37)40-22-13-23-45-43-20-9-11-24-48(43)54-51(40)45)50-39(35-16-5-2-6-17-35)30-31-46-44-21-10-12-25-49(44)55-52(46)50/h1-33H. The van der Waals surface area contributed by atoms with Gasteiger partial charge in [-0.05, 0) is 64.0 Å². The molecule has 3 nitrogen and oxygen atoms in total. The third-order valence-corrected chi connectivity index (χ3v) is 10.9. The van der Waals surface area contributed by atoms with Crippen molar-refractivity contribution in [1.82, 2.24) is 0 Å². The molecule has 0 aliphatic rings. The Morgan fingerprint density at radius 1 is 0.291 bits per heavy atom. The lowest BCUT2D eigenvalue weighted by atomic mass is 9.95. The molecular formula is C52H33NO2. The van der Waals surface area contributed by atoms with E-state index in [2.05, 4.69) is 187 Å². The van der Waals surface area contributed by atoms with Gasteiger partial charge in [0.2, 0.25) is 0 Å². The molecule has 2 heterocycles. The van der Waals surface area contributed by atoms with E-state index in [0.29, 0.717) is 0 Å². The zero-order valence-electron chi connectivity index (χ0n) is 29.8. The summed E-state index contributed by atoms with van der Waals surface area (Å²) in [5.74, 6) is 0. The Morgan fingerprint density at radius 3 is 1.49 bits per heavy atom. The van der Waals surface area contributed by atoms with Crippen LogP contribution < -0.4 is 4.90 Å². The predicted molar refractivity (Wildman–Crippen MR) is 229 cm³/mol. The van der Waals surface area contributed by atoms with Crippen molar-refractivity contribution in [3.8, 4) is 33.4 Å². The van der Waals surface area contributed by atoms with E-state index in [-0.39, 0.29) is 0 Å². The lowest BCUT2D eigenvalue weighted by Gasteiger charge is -2.29. The second kappa shape index (κ2) is 12.6. The van der Waals surface area contributed by atoms with E-state index >= 15 is 0 Å². The molecule has 0 bridgehead atoms. The summed E-state index contributed by atoms with van der Waals surface area (Å²) in [6.07, 6.45) is 0. The molecule has 0 fully saturated rings. The highest BCUT2D eigenvalue weighted by molar-refractivity contribution is 6.16. The number of hydrogen-bond donors (Lipinski definition) is 0. The molecule has 9 aromatic carbocycles. The molecule has 3 heteroatoms. The van der Waals surface area contributed by atoms with Crippen molar-refractivity contribution in [3.63, 3.8) is 0 Å². The van der Waals surface area contributed by atoms with Crippen molar-refractivity contribution in [1.29, 1.82) is 0 Å². The Hall–Kier alpha value is -7.36. The Labute approximate surface area is 317 Å². The van der Waals surface area contributed by atoms with Gasteiger partial charge in [0.1, 0.15) is 16.7 Å². The van der Waals surface area contributed by atoms with Gasteiger partial charge in [-0.3, -0.25) is 0 Å². The van der Waals surface area contributed by atoms with Gasteiger partial charge in [0, 0.05) is 43.7 Å². The molecule has 0 spiro atoms. The topological polar surface area (TPSA) is 29.5 Å². The maximum absolute atomic E-state index is 6.89. The van der Waals surface area contributed by atoms with Gasteiger partial charge in [-0.2, -0.15) is 0 Å². The summed E-state index contributed by atoms with van der Waals surface area (Å²) >= 11 is 0. The Balaban J connectivity index is 1.19. The van der Waals surface area contributed by atoms with Crippen LogP contribution in [-0.2, 0) is 0 Å². The van der Waals surface area contributed by atoms with Crippen molar-refractivity contribution >= 4 is 71.7 Å². The van der Waals surface area contributed by atoms with E-state index in [1.165, 1.54) is 16.5 Å². The van der Waals surface area contributed by atoms with Gasteiger partial charge >= 0.3 is 0 Å². The van der Waals surface area contributed by atoms with Gasteiger partial charge in [0.25, 0.3) is 0 Å². The first kappa shape index (κ1) is 31.2. The Kier molecular flexibility index (Phi) is 7.17. The van der Waals surface area contributed by atoms with Gasteiger partial charge < -0.3 is 13.7 Å². The average Bonchev–Trinajstić information content (AvgIpc) is 3.84.